The number of amides is 2. The van der Waals surface area contributed by atoms with E-state index in [-0.39, 0.29) is 42.2 Å². The van der Waals surface area contributed by atoms with E-state index in [1.807, 2.05) is 12.0 Å². The van der Waals surface area contributed by atoms with Gasteiger partial charge in [0.1, 0.15) is 17.9 Å². The fraction of sp³-hybridized carbons (Fsp3) is 0.400. The van der Waals surface area contributed by atoms with Gasteiger partial charge in [-0.05, 0) is 37.1 Å². The second kappa shape index (κ2) is 8.48. The Hall–Kier alpha value is -3.24. The molecule has 3 rings (SSSR count). The monoisotopic (exact) mass is 440 g/mol. The Morgan fingerprint density at radius 1 is 1.23 bits per heavy atom. The molecule has 0 unspecified atom stereocenters. The number of aromatic amines is 1. The summed E-state index contributed by atoms with van der Waals surface area (Å²) in [4.78, 5) is 39.2. The Labute approximate surface area is 174 Å². The second-order valence-corrected chi connectivity index (χ2v) is 7.19. The Balaban J connectivity index is 1.88. The van der Waals surface area contributed by atoms with Gasteiger partial charge in [-0.1, -0.05) is 6.07 Å². The molecule has 0 atom stereocenters. The fourth-order valence-electron chi connectivity index (χ4n) is 3.51. The molecule has 1 aliphatic rings. The third kappa shape index (κ3) is 4.59. The van der Waals surface area contributed by atoms with Crippen LogP contribution in [0.4, 0.5) is 17.6 Å². The number of carbonyl (C=O) groups is 2. The lowest BCUT2D eigenvalue weighted by atomic mass is 10.0. The van der Waals surface area contributed by atoms with Crippen LogP contribution in [0, 0.1) is 12.7 Å². The minimum atomic E-state index is -4.85. The number of aromatic nitrogens is 2. The number of hydrogen-bond acceptors (Lipinski definition) is 4. The summed E-state index contributed by atoms with van der Waals surface area (Å²) in [5.41, 5.74) is -3.03. The zero-order chi connectivity index (χ0) is 22.9. The number of alkyl halides is 3. The van der Waals surface area contributed by atoms with Crippen molar-refractivity contribution in [2.24, 2.45) is 0 Å². The Morgan fingerprint density at radius 3 is 2.55 bits per heavy atom. The number of likely N-dealkylation sites (N-methyl/N-ethyl adjacent to an activating group) is 1. The zero-order valence-electron chi connectivity index (χ0n) is 16.8. The first-order valence-corrected chi connectivity index (χ1v) is 9.53. The molecular weight excluding hydrogens is 420 g/mol. The van der Waals surface area contributed by atoms with Crippen molar-refractivity contribution in [2.45, 2.75) is 26.4 Å². The van der Waals surface area contributed by atoms with Gasteiger partial charge in [0, 0.05) is 26.1 Å². The van der Waals surface area contributed by atoms with Crippen molar-refractivity contribution in [3.05, 3.63) is 62.3 Å². The molecule has 1 fully saturated rings. The van der Waals surface area contributed by atoms with Gasteiger partial charge in [0.2, 0.25) is 5.91 Å². The fourth-order valence-corrected chi connectivity index (χ4v) is 3.51. The van der Waals surface area contributed by atoms with Crippen LogP contribution in [-0.2, 0) is 17.4 Å². The molecule has 2 amide bonds. The highest BCUT2D eigenvalue weighted by atomic mass is 19.4. The molecule has 1 aliphatic heterocycles. The summed E-state index contributed by atoms with van der Waals surface area (Å²) in [5.74, 6) is -1.72. The van der Waals surface area contributed by atoms with Gasteiger partial charge < -0.3 is 9.80 Å². The highest BCUT2D eigenvalue weighted by Crippen LogP contribution is 2.30. The molecule has 0 spiro atoms. The van der Waals surface area contributed by atoms with Gasteiger partial charge in [-0.2, -0.15) is 18.3 Å². The van der Waals surface area contributed by atoms with Crippen molar-refractivity contribution in [2.75, 3.05) is 26.2 Å². The van der Waals surface area contributed by atoms with E-state index in [0.29, 0.717) is 18.7 Å². The maximum atomic E-state index is 14.4. The van der Waals surface area contributed by atoms with Gasteiger partial charge in [-0.3, -0.25) is 14.4 Å². The smallest absolute Gasteiger partial charge is 0.340 e. The highest BCUT2D eigenvalue weighted by molar-refractivity contribution is 5.97. The molecule has 0 saturated carbocycles. The summed E-state index contributed by atoms with van der Waals surface area (Å²) in [6.45, 7) is 3.87. The molecule has 1 N–H and O–H groups in total. The van der Waals surface area contributed by atoms with Crippen molar-refractivity contribution in [3.8, 4) is 0 Å². The van der Waals surface area contributed by atoms with E-state index in [2.05, 4.69) is 5.10 Å². The Morgan fingerprint density at radius 2 is 1.94 bits per heavy atom. The largest absolute Gasteiger partial charge is 0.422 e. The highest BCUT2D eigenvalue weighted by Gasteiger charge is 2.37. The average Bonchev–Trinajstić information content (AvgIpc) is 2.70. The first kappa shape index (κ1) is 22.4. The molecule has 1 saturated heterocycles. The van der Waals surface area contributed by atoms with E-state index >= 15 is 0 Å². The Kier molecular flexibility index (Phi) is 6.14. The molecule has 0 bridgehead atoms. The van der Waals surface area contributed by atoms with E-state index in [9.17, 15) is 31.9 Å². The van der Waals surface area contributed by atoms with Gasteiger partial charge in [0.25, 0.3) is 11.5 Å². The van der Waals surface area contributed by atoms with Crippen LogP contribution < -0.4 is 5.56 Å². The van der Waals surface area contributed by atoms with E-state index < -0.39 is 29.0 Å². The number of piperazine rings is 1. The lowest BCUT2D eigenvalue weighted by Gasteiger charge is -2.33. The SMILES string of the molecule is CCN1CCN(C(=O)c2cc(Cc3n[nH]c(=O)c(C(F)(F)F)c3C)ccc2F)CC1=O. The van der Waals surface area contributed by atoms with E-state index in [1.54, 1.807) is 4.90 Å². The zero-order valence-corrected chi connectivity index (χ0v) is 16.8. The van der Waals surface area contributed by atoms with Crippen molar-refractivity contribution >= 4 is 11.8 Å². The topological polar surface area (TPSA) is 86.4 Å². The minimum Gasteiger partial charge on any atom is -0.340 e. The number of benzene rings is 1. The quantitative estimate of drug-likeness (QED) is 0.739. The van der Waals surface area contributed by atoms with Crippen molar-refractivity contribution in [1.82, 2.24) is 20.0 Å². The lowest BCUT2D eigenvalue weighted by molar-refractivity contribution is -0.139. The van der Waals surface area contributed by atoms with Gasteiger partial charge in [-0.15, -0.1) is 0 Å². The minimum absolute atomic E-state index is 0.0522. The van der Waals surface area contributed by atoms with Crippen LogP contribution in [-0.4, -0.2) is 58.0 Å². The molecule has 2 aromatic rings. The maximum Gasteiger partial charge on any atom is 0.422 e. The van der Waals surface area contributed by atoms with Crippen LogP contribution in [0.2, 0.25) is 0 Å². The number of carbonyl (C=O) groups excluding carboxylic acids is 2. The van der Waals surface area contributed by atoms with Crippen molar-refractivity contribution in [3.63, 3.8) is 0 Å². The third-order valence-electron chi connectivity index (χ3n) is 5.23. The lowest BCUT2D eigenvalue weighted by Crippen LogP contribution is -2.52. The van der Waals surface area contributed by atoms with Gasteiger partial charge in [-0.25, -0.2) is 9.49 Å². The first-order valence-electron chi connectivity index (χ1n) is 9.53. The molecule has 2 heterocycles. The van der Waals surface area contributed by atoms with Gasteiger partial charge in [0.15, 0.2) is 0 Å². The number of nitrogens with one attached hydrogen (secondary N) is 1. The Bertz CT molecular complexity index is 1080. The molecule has 0 radical (unpaired) electrons. The van der Waals surface area contributed by atoms with E-state index in [0.717, 1.165) is 13.0 Å². The molecule has 11 heteroatoms. The number of halogens is 4. The first-order chi connectivity index (χ1) is 14.5. The normalized spacial score (nSPS) is 14.8. The van der Waals surface area contributed by atoms with Crippen molar-refractivity contribution in [1.29, 1.82) is 0 Å². The van der Waals surface area contributed by atoms with Crippen LogP contribution in [0.5, 0.6) is 0 Å². The van der Waals surface area contributed by atoms with Crippen LogP contribution in [0.25, 0.3) is 0 Å². The number of hydrogen-bond donors (Lipinski definition) is 1. The van der Waals surface area contributed by atoms with Gasteiger partial charge in [0.05, 0.1) is 11.3 Å². The van der Waals surface area contributed by atoms with E-state index in [1.165, 1.54) is 17.0 Å². The third-order valence-corrected chi connectivity index (χ3v) is 5.23. The molecule has 7 nitrogen and oxygen atoms in total. The predicted octanol–water partition coefficient (Wildman–Crippen LogP) is 2.13. The van der Waals surface area contributed by atoms with Crippen LogP contribution in [0.15, 0.2) is 23.0 Å². The van der Waals surface area contributed by atoms with Crippen LogP contribution in [0.1, 0.15) is 39.7 Å². The number of H-pyrrole nitrogens is 1. The summed E-state index contributed by atoms with van der Waals surface area (Å²) in [7, 11) is 0. The summed E-state index contributed by atoms with van der Waals surface area (Å²) >= 11 is 0. The molecule has 166 valence electrons. The summed E-state index contributed by atoms with van der Waals surface area (Å²) in [5, 5.41) is 5.52. The second-order valence-electron chi connectivity index (χ2n) is 7.19. The summed E-state index contributed by atoms with van der Waals surface area (Å²) in [6, 6.07) is 3.60. The molecular formula is C20H20F4N4O3. The predicted molar refractivity (Wildman–Crippen MR) is 102 cm³/mol. The summed E-state index contributed by atoms with van der Waals surface area (Å²) in [6.07, 6.45) is -5.01. The van der Waals surface area contributed by atoms with Crippen LogP contribution >= 0.6 is 0 Å². The van der Waals surface area contributed by atoms with E-state index in [4.69, 9.17) is 0 Å². The molecule has 31 heavy (non-hydrogen) atoms. The van der Waals surface area contributed by atoms with Crippen molar-refractivity contribution < 1.29 is 27.2 Å². The summed E-state index contributed by atoms with van der Waals surface area (Å²) < 4.78 is 53.8. The molecule has 1 aromatic heterocycles. The molecule has 0 aliphatic carbocycles. The molecule has 1 aromatic carbocycles. The number of nitrogens with zero attached hydrogens (tertiary/aromatic N) is 3. The standard InChI is InChI=1S/C20H20F4N4O3/c1-3-27-6-7-28(10-16(27)29)19(31)13-8-12(4-5-14(13)21)9-15-11(2)17(20(22,23)24)18(30)26-25-15/h4-5,8H,3,6-7,9-10H2,1-2H3,(H,26,30). The average molecular weight is 440 g/mol. The van der Waals surface area contributed by atoms with Gasteiger partial charge >= 0.3 is 6.18 Å². The maximum absolute atomic E-state index is 14.4. The van der Waals surface area contributed by atoms with Crippen LogP contribution in [0.3, 0.4) is 0 Å². The number of rotatable bonds is 4.